The number of hydrogen-bond acceptors (Lipinski definition) is 7. The van der Waals surface area contributed by atoms with Gasteiger partial charge in [0, 0.05) is 6.54 Å². The molecule has 0 saturated heterocycles. The first-order chi connectivity index (χ1) is 11.3. The van der Waals surface area contributed by atoms with Crippen molar-refractivity contribution in [1.82, 2.24) is 16.1 Å². The molecule has 5 N–H and O–H groups in total. The Hall–Kier alpha value is -2.36. The van der Waals surface area contributed by atoms with E-state index in [1.54, 1.807) is 20.8 Å². The molecular weight excluding hydrogens is 318 g/mol. The predicted molar refractivity (Wildman–Crippen MR) is 87.9 cm³/mol. The molecule has 0 fully saturated rings. The van der Waals surface area contributed by atoms with Gasteiger partial charge in [0.1, 0.15) is 12.2 Å². The Labute approximate surface area is 141 Å². The quantitative estimate of drug-likeness (QED) is 0.102. The van der Waals surface area contributed by atoms with Gasteiger partial charge in [0.15, 0.2) is 0 Å². The summed E-state index contributed by atoms with van der Waals surface area (Å²) >= 11 is 0. The Balaban J connectivity index is 4.20. The number of alkyl carbamates (subject to hydrolysis) is 1. The SMILES string of the molecule is CC(C)(C)OC(=O)NCCC/C(CC(=O)NN)=N\OCCNC=O. The van der Waals surface area contributed by atoms with E-state index in [4.69, 9.17) is 15.4 Å². The second-order valence-electron chi connectivity index (χ2n) is 5.84. The van der Waals surface area contributed by atoms with Crippen molar-refractivity contribution in [2.24, 2.45) is 11.0 Å². The number of carbonyl (C=O) groups is 3. The molecule has 0 spiro atoms. The van der Waals surface area contributed by atoms with E-state index in [1.165, 1.54) is 0 Å². The van der Waals surface area contributed by atoms with Crippen LogP contribution in [0.2, 0.25) is 0 Å². The molecule has 10 heteroatoms. The fourth-order valence-corrected chi connectivity index (χ4v) is 1.50. The molecule has 0 aromatic carbocycles. The Morgan fingerprint density at radius 1 is 1.25 bits per heavy atom. The van der Waals surface area contributed by atoms with Crippen LogP contribution in [0.5, 0.6) is 0 Å². The first kappa shape index (κ1) is 21.6. The third-order valence-electron chi connectivity index (χ3n) is 2.45. The lowest BCUT2D eigenvalue weighted by molar-refractivity contribution is -0.120. The van der Waals surface area contributed by atoms with Gasteiger partial charge in [-0.3, -0.25) is 15.0 Å². The molecule has 3 amide bonds. The Morgan fingerprint density at radius 3 is 2.54 bits per heavy atom. The van der Waals surface area contributed by atoms with Gasteiger partial charge in [-0.25, -0.2) is 10.6 Å². The van der Waals surface area contributed by atoms with Gasteiger partial charge in [0.25, 0.3) is 0 Å². The number of nitrogens with one attached hydrogen (secondary N) is 3. The van der Waals surface area contributed by atoms with Crippen LogP contribution in [0, 0.1) is 0 Å². The molecule has 0 bridgehead atoms. The maximum atomic E-state index is 11.5. The first-order valence-corrected chi connectivity index (χ1v) is 7.59. The summed E-state index contributed by atoms with van der Waals surface area (Å²) in [4.78, 5) is 37.9. The van der Waals surface area contributed by atoms with Gasteiger partial charge in [-0.15, -0.1) is 0 Å². The smallest absolute Gasteiger partial charge is 0.407 e. The third kappa shape index (κ3) is 13.3. The Kier molecular flexibility index (Phi) is 10.9. The van der Waals surface area contributed by atoms with Crippen molar-refractivity contribution in [3.8, 4) is 0 Å². The normalized spacial score (nSPS) is 11.4. The molecule has 138 valence electrons. The van der Waals surface area contributed by atoms with E-state index in [0.29, 0.717) is 38.1 Å². The average molecular weight is 345 g/mol. The van der Waals surface area contributed by atoms with E-state index < -0.39 is 17.6 Å². The third-order valence-corrected chi connectivity index (χ3v) is 2.45. The highest BCUT2D eigenvalue weighted by Crippen LogP contribution is 2.06. The van der Waals surface area contributed by atoms with Crippen molar-refractivity contribution in [3.05, 3.63) is 0 Å². The predicted octanol–water partition coefficient (Wildman–Crippen LogP) is -0.210. The molecule has 0 radical (unpaired) electrons. The molecule has 0 aromatic heterocycles. The van der Waals surface area contributed by atoms with Gasteiger partial charge in [-0.2, -0.15) is 0 Å². The monoisotopic (exact) mass is 345 g/mol. The number of amides is 3. The Bertz CT molecular complexity index is 434. The fourth-order valence-electron chi connectivity index (χ4n) is 1.50. The molecule has 0 atom stereocenters. The largest absolute Gasteiger partial charge is 0.444 e. The van der Waals surface area contributed by atoms with Gasteiger partial charge in [-0.1, -0.05) is 5.16 Å². The second kappa shape index (κ2) is 12.1. The molecular formula is C14H27N5O5. The molecule has 0 aliphatic carbocycles. The van der Waals surface area contributed by atoms with Crippen LogP contribution in [0.1, 0.15) is 40.0 Å². The van der Waals surface area contributed by atoms with Crippen molar-refractivity contribution < 1.29 is 24.0 Å². The number of ether oxygens (including phenoxy) is 1. The lowest BCUT2D eigenvalue weighted by Gasteiger charge is -2.19. The van der Waals surface area contributed by atoms with E-state index in [2.05, 4.69) is 15.8 Å². The number of oxime groups is 1. The van der Waals surface area contributed by atoms with E-state index in [1.807, 2.05) is 5.43 Å². The summed E-state index contributed by atoms with van der Waals surface area (Å²) in [6.45, 7) is 6.19. The summed E-state index contributed by atoms with van der Waals surface area (Å²) in [5, 5.41) is 8.90. The summed E-state index contributed by atoms with van der Waals surface area (Å²) < 4.78 is 5.11. The van der Waals surface area contributed by atoms with E-state index in [-0.39, 0.29) is 13.0 Å². The number of carbonyl (C=O) groups excluding carboxylic acids is 3. The van der Waals surface area contributed by atoms with Gasteiger partial charge in [-0.05, 0) is 33.6 Å². The molecule has 0 aromatic rings. The molecule has 0 aliphatic heterocycles. The number of hydrogen-bond donors (Lipinski definition) is 4. The molecule has 10 nitrogen and oxygen atoms in total. The summed E-state index contributed by atoms with van der Waals surface area (Å²) in [5.41, 5.74) is 1.94. The van der Waals surface area contributed by atoms with Crippen molar-refractivity contribution in [2.45, 2.75) is 45.6 Å². The zero-order valence-corrected chi connectivity index (χ0v) is 14.4. The zero-order chi connectivity index (χ0) is 18.4. The molecule has 0 aliphatic rings. The zero-order valence-electron chi connectivity index (χ0n) is 14.4. The highest BCUT2D eigenvalue weighted by molar-refractivity contribution is 6.00. The van der Waals surface area contributed by atoms with Crippen LogP contribution in [0.25, 0.3) is 0 Å². The van der Waals surface area contributed by atoms with Crippen LogP contribution in [0.3, 0.4) is 0 Å². The van der Waals surface area contributed by atoms with Gasteiger partial charge in [0.05, 0.1) is 18.7 Å². The number of hydrazine groups is 1. The number of nitrogens with zero attached hydrogens (tertiary/aromatic N) is 1. The van der Waals surface area contributed by atoms with Gasteiger partial charge >= 0.3 is 6.09 Å². The maximum absolute atomic E-state index is 11.5. The van der Waals surface area contributed by atoms with Crippen LogP contribution in [0.4, 0.5) is 4.79 Å². The minimum atomic E-state index is -0.556. The van der Waals surface area contributed by atoms with Crippen molar-refractivity contribution >= 4 is 24.1 Å². The van der Waals surface area contributed by atoms with Crippen molar-refractivity contribution in [2.75, 3.05) is 19.7 Å². The topological polar surface area (TPSA) is 144 Å². The number of rotatable bonds is 11. The van der Waals surface area contributed by atoms with Crippen LogP contribution in [0.15, 0.2) is 5.16 Å². The molecule has 0 saturated carbocycles. The van der Waals surface area contributed by atoms with Crippen molar-refractivity contribution in [3.63, 3.8) is 0 Å². The second-order valence-corrected chi connectivity index (χ2v) is 5.84. The Morgan fingerprint density at radius 2 is 1.96 bits per heavy atom. The lowest BCUT2D eigenvalue weighted by atomic mass is 10.1. The molecule has 0 heterocycles. The highest BCUT2D eigenvalue weighted by atomic mass is 16.6. The summed E-state index contributed by atoms with van der Waals surface area (Å²) in [6.07, 6.45) is 1.02. The summed E-state index contributed by atoms with van der Waals surface area (Å²) in [7, 11) is 0. The van der Waals surface area contributed by atoms with E-state index >= 15 is 0 Å². The molecule has 0 rings (SSSR count). The standard InChI is InChI=1S/C14H27N5O5/c1-14(2,3)24-13(22)17-6-4-5-11(9-12(21)18-15)19-23-8-7-16-10-20/h10H,4-9,15H2,1-3H3,(H,16,20)(H,17,22)(H,18,21)/b19-11+. The summed E-state index contributed by atoms with van der Waals surface area (Å²) in [5.74, 6) is 4.65. The minimum Gasteiger partial charge on any atom is -0.444 e. The number of nitrogens with two attached hydrogens (primary N) is 1. The molecule has 0 unspecified atom stereocenters. The maximum Gasteiger partial charge on any atom is 0.407 e. The summed E-state index contributed by atoms with van der Waals surface area (Å²) in [6, 6.07) is 0. The van der Waals surface area contributed by atoms with E-state index in [0.717, 1.165) is 0 Å². The van der Waals surface area contributed by atoms with Gasteiger partial charge in [0.2, 0.25) is 12.3 Å². The minimum absolute atomic E-state index is 0.00987. The molecule has 24 heavy (non-hydrogen) atoms. The highest BCUT2D eigenvalue weighted by Gasteiger charge is 2.15. The lowest BCUT2D eigenvalue weighted by Crippen LogP contribution is -2.33. The fraction of sp³-hybridized carbons (Fsp3) is 0.714. The van der Waals surface area contributed by atoms with Gasteiger partial charge < -0.3 is 20.2 Å². The van der Waals surface area contributed by atoms with Crippen molar-refractivity contribution in [1.29, 1.82) is 0 Å². The average Bonchev–Trinajstić information content (AvgIpc) is 2.49. The van der Waals surface area contributed by atoms with Crippen LogP contribution >= 0.6 is 0 Å². The van der Waals surface area contributed by atoms with Crippen LogP contribution < -0.4 is 21.9 Å². The first-order valence-electron chi connectivity index (χ1n) is 7.59. The van der Waals surface area contributed by atoms with Crippen LogP contribution in [-0.2, 0) is 19.2 Å². The van der Waals surface area contributed by atoms with Crippen LogP contribution in [-0.4, -0.2) is 49.4 Å². The van der Waals surface area contributed by atoms with E-state index in [9.17, 15) is 14.4 Å².